The van der Waals surface area contributed by atoms with E-state index in [-0.39, 0.29) is 6.61 Å². The quantitative estimate of drug-likeness (QED) is 0.929. The molecule has 0 spiro atoms. The number of benzene rings is 1. The normalized spacial score (nSPS) is 16.3. The average molecular weight is 284 g/mol. The van der Waals surface area contributed by atoms with Crippen LogP contribution in [0.3, 0.4) is 0 Å². The number of pyridine rings is 1. The maximum absolute atomic E-state index is 9.62. The first-order valence-corrected chi connectivity index (χ1v) is 7.98. The Morgan fingerprint density at radius 2 is 1.95 bits per heavy atom. The number of hydrogen-bond acceptors (Lipinski definition) is 3. The van der Waals surface area contributed by atoms with Gasteiger partial charge >= 0.3 is 0 Å². The lowest BCUT2D eigenvalue weighted by molar-refractivity contribution is 0.283. The Morgan fingerprint density at radius 1 is 1.19 bits per heavy atom. The van der Waals surface area contributed by atoms with Gasteiger partial charge in [-0.05, 0) is 36.5 Å². The van der Waals surface area contributed by atoms with Gasteiger partial charge < -0.3 is 10.0 Å². The molecule has 0 saturated heterocycles. The van der Waals surface area contributed by atoms with Gasteiger partial charge in [0, 0.05) is 19.0 Å². The maximum atomic E-state index is 9.62. The lowest BCUT2D eigenvalue weighted by atomic mass is 9.89. The van der Waals surface area contributed by atoms with Gasteiger partial charge in [0.05, 0.1) is 12.1 Å². The minimum atomic E-state index is 0.0628. The van der Waals surface area contributed by atoms with E-state index in [0.717, 1.165) is 34.7 Å². The number of nitrogens with zero attached hydrogens (tertiary/aromatic N) is 2. The molecule has 1 saturated carbocycles. The highest BCUT2D eigenvalue weighted by Gasteiger charge is 2.17. The molecule has 1 fully saturated rings. The predicted octanol–water partition coefficient (Wildman–Crippen LogP) is 3.74. The smallest absolute Gasteiger partial charge is 0.129 e. The van der Waals surface area contributed by atoms with Crippen molar-refractivity contribution in [3.8, 4) is 0 Å². The highest BCUT2D eigenvalue weighted by molar-refractivity contribution is 5.84. The first-order chi connectivity index (χ1) is 10.3. The fourth-order valence-corrected chi connectivity index (χ4v) is 3.41. The van der Waals surface area contributed by atoms with E-state index in [0.29, 0.717) is 0 Å². The molecule has 0 amide bonds. The highest BCUT2D eigenvalue weighted by Crippen LogP contribution is 2.27. The molecule has 3 nitrogen and oxygen atoms in total. The summed E-state index contributed by atoms with van der Waals surface area (Å²) in [7, 11) is 2.12. The number of fused-ring (bicyclic) bond motifs is 1. The maximum Gasteiger partial charge on any atom is 0.129 e. The van der Waals surface area contributed by atoms with Crippen LogP contribution in [0.4, 0.5) is 5.82 Å². The largest absolute Gasteiger partial charge is 0.392 e. The lowest BCUT2D eigenvalue weighted by Gasteiger charge is -2.28. The summed E-state index contributed by atoms with van der Waals surface area (Å²) in [5, 5.41) is 10.7. The molecule has 1 aliphatic carbocycles. The van der Waals surface area contributed by atoms with Gasteiger partial charge in [-0.15, -0.1) is 0 Å². The molecule has 0 radical (unpaired) electrons. The van der Waals surface area contributed by atoms with Gasteiger partial charge in [0.1, 0.15) is 5.82 Å². The van der Waals surface area contributed by atoms with Crippen LogP contribution >= 0.6 is 0 Å². The molecule has 2 aromatic rings. The van der Waals surface area contributed by atoms with Crippen LogP contribution in [0.5, 0.6) is 0 Å². The molecule has 0 unspecified atom stereocenters. The second kappa shape index (κ2) is 6.44. The summed E-state index contributed by atoms with van der Waals surface area (Å²) < 4.78 is 0. The van der Waals surface area contributed by atoms with Gasteiger partial charge in [-0.1, -0.05) is 37.5 Å². The van der Waals surface area contributed by atoms with Crippen LogP contribution in [-0.2, 0) is 6.61 Å². The molecule has 0 atom stereocenters. The van der Waals surface area contributed by atoms with Crippen LogP contribution in [0.1, 0.15) is 37.7 Å². The fourth-order valence-electron chi connectivity index (χ4n) is 3.41. The summed E-state index contributed by atoms with van der Waals surface area (Å²) in [5.74, 6) is 1.76. The topological polar surface area (TPSA) is 36.4 Å². The van der Waals surface area contributed by atoms with Crippen molar-refractivity contribution in [3.63, 3.8) is 0 Å². The molecule has 0 bridgehead atoms. The van der Waals surface area contributed by atoms with E-state index in [1.54, 1.807) is 0 Å². The standard InChI is InChI=1S/C18H24N2O/c1-20(12-14-7-3-2-4-8-14)18-11-15(13-21)16-9-5-6-10-17(16)19-18/h5-6,9-11,14,21H,2-4,7-8,12-13H2,1H3. The summed E-state index contributed by atoms with van der Waals surface area (Å²) in [6, 6.07) is 10.1. The van der Waals surface area contributed by atoms with Crippen LogP contribution in [0.15, 0.2) is 30.3 Å². The molecule has 1 heterocycles. The number of aliphatic hydroxyl groups is 1. The summed E-state index contributed by atoms with van der Waals surface area (Å²) in [6.07, 6.45) is 6.80. The molecule has 1 aromatic carbocycles. The van der Waals surface area contributed by atoms with Gasteiger partial charge in [0.25, 0.3) is 0 Å². The van der Waals surface area contributed by atoms with Crippen molar-refractivity contribution in [2.75, 3.05) is 18.5 Å². The van der Waals surface area contributed by atoms with Crippen molar-refractivity contribution >= 4 is 16.7 Å². The van der Waals surface area contributed by atoms with Gasteiger partial charge in [-0.25, -0.2) is 4.98 Å². The van der Waals surface area contributed by atoms with Crippen molar-refractivity contribution < 1.29 is 5.11 Å². The predicted molar refractivity (Wildman–Crippen MR) is 87.5 cm³/mol. The van der Waals surface area contributed by atoms with Crippen molar-refractivity contribution in [1.29, 1.82) is 0 Å². The number of rotatable bonds is 4. The third-order valence-electron chi connectivity index (χ3n) is 4.61. The monoisotopic (exact) mass is 284 g/mol. The summed E-state index contributed by atoms with van der Waals surface area (Å²) in [4.78, 5) is 7.02. The molecule has 3 heteroatoms. The van der Waals surface area contributed by atoms with Gasteiger partial charge in [0.2, 0.25) is 0 Å². The summed E-state index contributed by atoms with van der Waals surface area (Å²) in [6.45, 7) is 1.13. The summed E-state index contributed by atoms with van der Waals surface area (Å²) >= 11 is 0. The van der Waals surface area contributed by atoms with E-state index in [4.69, 9.17) is 4.98 Å². The molecule has 3 rings (SSSR count). The minimum Gasteiger partial charge on any atom is -0.392 e. The minimum absolute atomic E-state index is 0.0628. The Labute approximate surface area is 126 Å². The third-order valence-corrected chi connectivity index (χ3v) is 4.61. The fraction of sp³-hybridized carbons (Fsp3) is 0.500. The molecule has 1 N–H and O–H groups in total. The van der Waals surface area contributed by atoms with E-state index >= 15 is 0 Å². The Kier molecular flexibility index (Phi) is 4.39. The number of anilines is 1. The Balaban J connectivity index is 1.85. The number of aliphatic hydroxyl groups excluding tert-OH is 1. The van der Waals surface area contributed by atoms with E-state index in [1.807, 2.05) is 30.3 Å². The Morgan fingerprint density at radius 3 is 2.71 bits per heavy atom. The lowest BCUT2D eigenvalue weighted by Crippen LogP contribution is -2.27. The Bertz CT molecular complexity index is 605. The molecule has 21 heavy (non-hydrogen) atoms. The first-order valence-electron chi connectivity index (χ1n) is 7.98. The molecular weight excluding hydrogens is 260 g/mol. The van der Waals surface area contributed by atoms with Crippen molar-refractivity contribution in [1.82, 2.24) is 4.98 Å². The van der Waals surface area contributed by atoms with Crippen LogP contribution in [0, 0.1) is 5.92 Å². The van der Waals surface area contributed by atoms with E-state index in [9.17, 15) is 5.11 Å². The van der Waals surface area contributed by atoms with E-state index in [2.05, 4.69) is 11.9 Å². The SMILES string of the molecule is CN(CC1CCCCC1)c1cc(CO)c2ccccc2n1. The van der Waals surface area contributed by atoms with Gasteiger partial charge in [0.15, 0.2) is 0 Å². The molecule has 112 valence electrons. The number of para-hydroxylation sites is 1. The van der Waals surface area contributed by atoms with Crippen LogP contribution < -0.4 is 4.90 Å². The average Bonchev–Trinajstić information content (AvgIpc) is 2.54. The van der Waals surface area contributed by atoms with Gasteiger partial charge in [-0.3, -0.25) is 0 Å². The van der Waals surface area contributed by atoms with Crippen molar-refractivity contribution in [2.24, 2.45) is 5.92 Å². The molecule has 1 aromatic heterocycles. The first kappa shape index (κ1) is 14.3. The highest BCUT2D eigenvalue weighted by atomic mass is 16.3. The molecule has 0 aliphatic heterocycles. The van der Waals surface area contributed by atoms with Crippen molar-refractivity contribution in [3.05, 3.63) is 35.9 Å². The van der Waals surface area contributed by atoms with Crippen molar-refractivity contribution in [2.45, 2.75) is 38.7 Å². The third kappa shape index (κ3) is 3.18. The van der Waals surface area contributed by atoms with Gasteiger partial charge in [-0.2, -0.15) is 0 Å². The Hall–Kier alpha value is -1.61. The van der Waals surface area contributed by atoms with Crippen LogP contribution in [0.25, 0.3) is 10.9 Å². The summed E-state index contributed by atoms with van der Waals surface area (Å²) in [5.41, 5.74) is 1.93. The zero-order valence-electron chi connectivity index (χ0n) is 12.8. The molecule has 1 aliphatic rings. The number of aromatic nitrogens is 1. The second-order valence-corrected chi connectivity index (χ2v) is 6.20. The zero-order valence-corrected chi connectivity index (χ0v) is 12.8. The second-order valence-electron chi connectivity index (χ2n) is 6.20. The van der Waals surface area contributed by atoms with Crippen LogP contribution in [0.2, 0.25) is 0 Å². The van der Waals surface area contributed by atoms with E-state index < -0.39 is 0 Å². The zero-order chi connectivity index (χ0) is 14.7. The van der Waals surface area contributed by atoms with Crippen LogP contribution in [-0.4, -0.2) is 23.7 Å². The molecular formula is C18H24N2O. The van der Waals surface area contributed by atoms with E-state index in [1.165, 1.54) is 32.1 Å². The number of hydrogen-bond donors (Lipinski definition) is 1.